The maximum absolute atomic E-state index is 6.08. The van der Waals surface area contributed by atoms with Crippen molar-refractivity contribution in [1.29, 1.82) is 0 Å². The Morgan fingerprint density at radius 1 is 1.39 bits per heavy atom. The standard InChI is InChI=1S/C18H30N4O/c1-4-18(5-2)15(13-16(18)23-6-3)22-17(19)21-12-10-14-9-7-8-11-20-14/h7-9,11,15-16H,4-6,10,12-13H2,1-3H3,(H3,19,21,22). The van der Waals surface area contributed by atoms with E-state index in [2.05, 4.69) is 36.1 Å². The minimum atomic E-state index is 0.178. The van der Waals surface area contributed by atoms with E-state index in [9.17, 15) is 0 Å². The highest BCUT2D eigenvalue weighted by Crippen LogP contribution is 2.48. The molecular formula is C18H30N4O. The zero-order valence-corrected chi connectivity index (χ0v) is 14.6. The molecule has 0 bridgehead atoms. The van der Waals surface area contributed by atoms with E-state index < -0.39 is 0 Å². The molecule has 0 saturated heterocycles. The summed E-state index contributed by atoms with van der Waals surface area (Å²) in [5, 5.41) is 3.41. The maximum Gasteiger partial charge on any atom is 0.188 e. The predicted molar refractivity (Wildman–Crippen MR) is 94.4 cm³/mol. The average Bonchev–Trinajstić information content (AvgIpc) is 2.56. The number of nitrogens with one attached hydrogen (secondary N) is 1. The minimum absolute atomic E-state index is 0.178. The van der Waals surface area contributed by atoms with Gasteiger partial charge in [0.1, 0.15) is 0 Å². The lowest BCUT2D eigenvalue weighted by atomic mass is 9.58. The number of hydrogen-bond acceptors (Lipinski definition) is 3. The van der Waals surface area contributed by atoms with Crippen molar-refractivity contribution in [3.05, 3.63) is 30.1 Å². The largest absolute Gasteiger partial charge is 0.378 e. The molecule has 1 aliphatic carbocycles. The van der Waals surface area contributed by atoms with E-state index >= 15 is 0 Å². The van der Waals surface area contributed by atoms with Gasteiger partial charge in [0, 0.05) is 42.9 Å². The molecule has 0 amide bonds. The molecule has 128 valence electrons. The fourth-order valence-electron chi connectivity index (χ4n) is 3.64. The lowest BCUT2D eigenvalue weighted by Gasteiger charge is -2.55. The Bertz CT molecular complexity index is 499. The van der Waals surface area contributed by atoms with Crippen molar-refractivity contribution in [3.63, 3.8) is 0 Å². The molecule has 5 heteroatoms. The third-order valence-corrected chi connectivity index (χ3v) is 5.17. The number of ether oxygens (including phenoxy) is 1. The van der Waals surface area contributed by atoms with E-state index in [1.54, 1.807) is 6.20 Å². The highest BCUT2D eigenvalue weighted by molar-refractivity contribution is 5.78. The van der Waals surface area contributed by atoms with Crippen molar-refractivity contribution in [2.24, 2.45) is 16.1 Å². The fraction of sp³-hybridized carbons (Fsp3) is 0.667. The SMILES string of the molecule is CCOC1CC(NC(N)=NCCc2ccccn2)C1(CC)CC. The van der Waals surface area contributed by atoms with Crippen LogP contribution in [0.25, 0.3) is 0 Å². The Morgan fingerprint density at radius 2 is 2.17 bits per heavy atom. The summed E-state index contributed by atoms with van der Waals surface area (Å²) in [7, 11) is 0. The Kier molecular flexibility index (Phi) is 6.39. The Hall–Kier alpha value is -1.62. The molecule has 0 aliphatic heterocycles. The molecule has 1 saturated carbocycles. The number of nitrogens with zero attached hydrogens (tertiary/aromatic N) is 2. The second kappa shape index (κ2) is 8.29. The predicted octanol–water partition coefficient (Wildman–Crippen LogP) is 2.51. The number of aliphatic imine (C=N–C) groups is 1. The van der Waals surface area contributed by atoms with Crippen LogP contribution < -0.4 is 11.1 Å². The van der Waals surface area contributed by atoms with Crippen LogP contribution in [0.5, 0.6) is 0 Å². The van der Waals surface area contributed by atoms with E-state index in [1.807, 2.05) is 18.2 Å². The monoisotopic (exact) mass is 318 g/mol. The molecule has 3 N–H and O–H groups in total. The molecule has 23 heavy (non-hydrogen) atoms. The second-order valence-electron chi connectivity index (χ2n) is 6.15. The van der Waals surface area contributed by atoms with Crippen LogP contribution in [0.1, 0.15) is 45.7 Å². The molecule has 1 aromatic rings. The van der Waals surface area contributed by atoms with Crippen LogP contribution in [0, 0.1) is 5.41 Å². The summed E-state index contributed by atoms with van der Waals surface area (Å²) in [6.45, 7) is 7.95. The number of hydrogen-bond donors (Lipinski definition) is 2. The second-order valence-corrected chi connectivity index (χ2v) is 6.15. The highest BCUT2D eigenvalue weighted by atomic mass is 16.5. The number of aromatic nitrogens is 1. The van der Waals surface area contributed by atoms with E-state index in [1.165, 1.54) is 0 Å². The Balaban J connectivity index is 1.86. The minimum Gasteiger partial charge on any atom is -0.378 e. The van der Waals surface area contributed by atoms with Crippen LogP contribution in [-0.4, -0.2) is 36.2 Å². The van der Waals surface area contributed by atoms with Crippen LogP contribution in [0.3, 0.4) is 0 Å². The summed E-state index contributed by atoms with van der Waals surface area (Å²) in [5.74, 6) is 0.534. The highest BCUT2D eigenvalue weighted by Gasteiger charge is 2.53. The van der Waals surface area contributed by atoms with Crippen molar-refractivity contribution < 1.29 is 4.74 Å². The molecule has 2 atom stereocenters. The van der Waals surface area contributed by atoms with Gasteiger partial charge in [-0.1, -0.05) is 19.9 Å². The van der Waals surface area contributed by atoms with E-state index in [-0.39, 0.29) is 5.41 Å². The molecule has 0 radical (unpaired) electrons. The van der Waals surface area contributed by atoms with Gasteiger partial charge in [0.2, 0.25) is 0 Å². The number of pyridine rings is 1. The molecular weight excluding hydrogens is 288 g/mol. The summed E-state index contributed by atoms with van der Waals surface area (Å²) >= 11 is 0. The quantitative estimate of drug-likeness (QED) is 0.570. The van der Waals surface area contributed by atoms with Gasteiger partial charge in [0.25, 0.3) is 0 Å². The fourth-order valence-corrected chi connectivity index (χ4v) is 3.64. The summed E-state index contributed by atoms with van der Waals surface area (Å²) in [5.41, 5.74) is 7.30. The smallest absolute Gasteiger partial charge is 0.188 e. The molecule has 0 aromatic carbocycles. The van der Waals surface area contributed by atoms with Gasteiger partial charge in [0.15, 0.2) is 5.96 Å². The van der Waals surface area contributed by atoms with Crippen LogP contribution in [0.15, 0.2) is 29.4 Å². The molecule has 1 heterocycles. The molecule has 0 spiro atoms. The van der Waals surface area contributed by atoms with E-state index in [0.717, 1.165) is 38.0 Å². The van der Waals surface area contributed by atoms with Gasteiger partial charge in [-0.15, -0.1) is 0 Å². The normalized spacial score (nSPS) is 23.3. The topological polar surface area (TPSA) is 72.5 Å². The Labute approximate surface area is 139 Å². The van der Waals surface area contributed by atoms with Gasteiger partial charge in [-0.25, -0.2) is 0 Å². The molecule has 5 nitrogen and oxygen atoms in total. The van der Waals surface area contributed by atoms with Crippen LogP contribution >= 0.6 is 0 Å². The Morgan fingerprint density at radius 3 is 2.78 bits per heavy atom. The molecule has 1 fully saturated rings. The van der Waals surface area contributed by atoms with Gasteiger partial charge in [-0.3, -0.25) is 9.98 Å². The average molecular weight is 318 g/mol. The van der Waals surface area contributed by atoms with Crippen LogP contribution in [0.2, 0.25) is 0 Å². The van der Waals surface area contributed by atoms with Crippen molar-refractivity contribution in [1.82, 2.24) is 10.3 Å². The molecule has 1 aliphatic rings. The summed E-state index contributed by atoms with van der Waals surface area (Å²) in [6.07, 6.45) is 6.13. The number of guanidine groups is 1. The first kappa shape index (κ1) is 17.7. The third kappa shape index (κ3) is 4.02. The first-order valence-corrected chi connectivity index (χ1v) is 8.74. The summed E-state index contributed by atoms with van der Waals surface area (Å²) in [6, 6.07) is 6.28. The molecule has 2 unspecified atom stereocenters. The third-order valence-electron chi connectivity index (χ3n) is 5.17. The molecule has 2 rings (SSSR count). The lowest BCUT2D eigenvalue weighted by Crippen LogP contribution is -2.65. The first-order valence-electron chi connectivity index (χ1n) is 8.74. The van der Waals surface area contributed by atoms with Crippen molar-refractivity contribution in [2.45, 2.75) is 58.6 Å². The number of nitrogens with two attached hydrogens (primary N) is 1. The van der Waals surface area contributed by atoms with Gasteiger partial charge < -0.3 is 15.8 Å². The van der Waals surface area contributed by atoms with E-state index in [4.69, 9.17) is 10.5 Å². The van der Waals surface area contributed by atoms with Crippen molar-refractivity contribution >= 4 is 5.96 Å². The van der Waals surface area contributed by atoms with Crippen molar-refractivity contribution in [2.75, 3.05) is 13.2 Å². The van der Waals surface area contributed by atoms with Gasteiger partial charge in [0.05, 0.1) is 6.10 Å². The van der Waals surface area contributed by atoms with Gasteiger partial charge in [-0.2, -0.15) is 0 Å². The van der Waals surface area contributed by atoms with E-state index in [0.29, 0.717) is 24.7 Å². The van der Waals surface area contributed by atoms with Gasteiger partial charge in [-0.05, 0) is 38.3 Å². The zero-order chi connectivity index (χ0) is 16.7. The zero-order valence-electron chi connectivity index (χ0n) is 14.6. The lowest BCUT2D eigenvalue weighted by molar-refractivity contribution is -0.133. The summed E-state index contributed by atoms with van der Waals surface area (Å²) in [4.78, 5) is 8.75. The van der Waals surface area contributed by atoms with Crippen LogP contribution in [0.4, 0.5) is 0 Å². The van der Waals surface area contributed by atoms with Crippen LogP contribution in [-0.2, 0) is 11.2 Å². The van der Waals surface area contributed by atoms with Gasteiger partial charge >= 0.3 is 0 Å². The number of rotatable bonds is 8. The maximum atomic E-state index is 6.08. The molecule has 1 aromatic heterocycles. The first-order chi connectivity index (χ1) is 11.2. The summed E-state index contributed by atoms with van der Waals surface area (Å²) < 4.78 is 5.90. The van der Waals surface area contributed by atoms with Crippen molar-refractivity contribution in [3.8, 4) is 0 Å².